The Bertz CT molecular complexity index is 1380. The second kappa shape index (κ2) is 13.0. The third kappa shape index (κ3) is 7.31. The molecule has 3 atom stereocenters. The summed E-state index contributed by atoms with van der Waals surface area (Å²) in [5.41, 5.74) is 6.02. The van der Waals surface area contributed by atoms with Crippen molar-refractivity contribution in [3.63, 3.8) is 0 Å². The molecule has 0 amide bonds. The third-order valence-electron chi connectivity index (χ3n) is 9.81. The van der Waals surface area contributed by atoms with E-state index in [-0.39, 0.29) is 0 Å². The highest BCUT2D eigenvalue weighted by Gasteiger charge is 2.37. The fraction of sp³-hybridized carbons (Fsp3) is 0.556. The van der Waals surface area contributed by atoms with Crippen LogP contribution >= 0.6 is 0 Å². The lowest BCUT2D eigenvalue weighted by Crippen LogP contribution is -2.37. The number of benzene rings is 2. The number of aromatic nitrogens is 2. The average Bonchev–Trinajstić information content (AvgIpc) is 2.93. The molecule has 2 aromatic carbocycles. The maximum atomic E-state index is 13.6. The van der Waals surface area contributed by atoms with Gasteiger partial charge in [0.05, 0.1) is 16.2 Å². The summed E-state index contributed by atoms with van der Waals surface area (Å²) in [6.07, 6.45) is 8.61. The van der Waals surface area contributed by atoms with Gasteiger partial charge in [-0.2, -0.15) is 0 Å². The predicted molar refractivity (Wildman–Crippen MR) is 174 cm³/mol. The van der Waals surface area contributed by atoms with Gasteiger partial charge in [-0.25, -0.2) is 14.2 Å². The summed E-state index contributed by atoms with van der Waals surface area (Å²) in [7, 11) is -1.46. The van der Waals surface area contributed by atoms with Crippen LogP contribution < -0.4 is 4.72 Å². The minimum atomic E-state index is -1.46. The van der Waals surface area contributed by atoms with E-state index in [9.17, 15) is 9.32 Å². The molecule has 226 valence electrons. The Kier molecular flexibility index (Phi) is 9.53. The van der Waals surface area contributed by atoms with Crippen molar-refractivity contribution in [2.45, 2.75) is 103 Å². The monoisotopic (exact) mass is 587 g/mol. The van der Waals surface area contributed by atoms with E-state index in [1.54, 1.807) is 0 Å². The van der Waals surface area contributed by atoms with Crippen molar-refractivity contribution < 1.29 is 9.32 Å². The normalized spacial score (nSPS) is 25.2. The summed E-state index contributed by atoms with van der Waals surface area (Å²) < 4.78 is 16.7. The minimum Gasteiger partial charge on any atom is -0.390 e. The number of anilines is 1. The Balaban J connectivity index is 1.55. The molecular weight excluding hydrogens is 538 g/mol. The Labute approximate surface area is 255 Å². The van der Waals surface area contributed by atoms with Gasteiger partial charge in [0.25, 0.3) is 0 Å². The molecular formula is C36H49N3O2S. The first-order valence-corrected chi connectivity index (χ1v) is 17.1. The van der Waals surface area contributed by atoms with E-state index in [4.69, 9.17) is 9.97 Å². The fourth-order valence-corrected chi connectivity index (χ4v) is 8.47. The van der Waals surface area contributed by atoms with Gasteiger partial charge in [0.15, 0.2) is 11.0 Å². The Hall–Kier alpha value is -2.57. The lowest BCUT2D eigenvalue weighted by molar-refractivity contribution is -0.0140. The number of nitrogens with one attached hydrogen (secondary N) is 1. The lowest BCUT2D eigenvalue weighted by Gasteiger charge is -2.41. The highest BCUT2D eigenvalue weighted by atomic mass is 32.2. The van der Waals surface area contributed by atoms with Crippen LogP contribution in [0.3, 0.4) is 0 Å². The molecule has 1 fully saturated rings. The topological polar surface area (TPSA) is 75.1 Å². The quantitative estimate of drug-likeness (QED) is 0.315. The van der Waals surface area contributed by atoms with E-state index < -0.39 is 16.6 Å². The molecule has 1 aliphatic heterocycles. The van der Waals surface area contributed by atoms with Gasteiger partial charge in [-0.1, -0.05) is 44.2 Å². The van der Waals surface area contributed by atoms with Crippen molar-refractivity contribution in [1.29, 1.82) is 0 Å². The predicted octanol–water partition coefficient (Wildman–Crippen LogP) is 8.24. The zero-order valence-electron chi connectivity index (χ0n) is 26.3. The summed E-state index contributed by atoms with van der Waals surface area (Å²) >= 11 is 0. The largest absolute Gasteiger partial charge is 0.390 e. The number of aryl methyl sites for hydroxylation is 3. The van der Waals surface area contributed by atoms with Gasteiger partial charge < -0.3 is 5.11 Å². The molecule has 1 aromatic heterocycles. The van der Waals surface area contributed by atoms with Gasteiger partial charge in [0.1, 0.15) is 0 Å². The van der Waals surface area contributed by atoms with Gasteiger partial charge in [-0.15, -0.1) is 0 Å². The maximum Gasteiger partial charge on any atom is 0.235 e. The van der Waals surface area contributed by atoms with Crippen LogP contribution in [0.2, 0.25) is 0 Å². The van der Waals surface area contributed by atoms with Crippen LogP contribution in [0.25, 0.3) is 11.3 Å². The van der Waals surface area contributed by atoms with Crippen LogP contribution in [0, 0.1) is 43.4 Å². The average molecular weight is 588 g/mol. The molecule has 2 aliphatic rings. The molecule has 4 bridgehead atoms. The molecule has 42 heavy (non-hydrogen) atoms. The highest BCUT2D eigenvalue weighted by Crippen LogP contribution is 2.44. The zero-order valence-corrected chi connectivity index (χ0v) is 27.1. The zero-order chi connectivity index (χ0) is 30.0. The molecule has 3 aromatic rings. The Morgan fingerprint density at radius 2 is 1.67 bits per heavy atom. The van der Waals surface area contributed by atoms with Crippen LogP contribution in [0.4, 0.5) is 5.95 Å². The molecule has 5 rings (SSSR count). The second-order valence-corrected chi connectivity index (χ2v) is 15.1. The molecule has 2 unspecified atom stereocenters. The van der Waals surface area contributed by atoms with Gasteiger partial charge in [0.2, 0.25) is 5.95 Å². The van der Waals surface area contributed by atoms with Crippen LogP contribution in [0.15, 0.2) is 53.4 Å². The molecule has 0 radical (unpaired) electrons. The SMILES string of the molecule is Cc1cccc(C)c1-c1cc2nc(n1)NS(=O)c1cccc(c1)CC(C1CCC(C(C)(C)O)CC1)[C@H](CC(C)C)CC2. The summed E-state index contributed by atoms with van der Waals surface area (Å²) in [5, 5.41) is 10.7. The summed E-state index contributed by atoms with van der Waals surface area (Å²) in [4.78, 5) is 10.6. The van der Waals surface area contributed by atoms with Gasteiger partial charge >= 0.3 is 0 Å². The number of aliphatic hydroxyl groups is 1. The van der Waals surface area contributed by atoms with E-state index in [1.807, 2.05) is 26.0 Å². The van der Waals surface area contributed by atoms with Crippen molar-refractivity contribution in [1.82, 2.24) is 9.97 Å². The van der Waals surface area contributed by atoms with E-state index in [0.29, 0.717) is 35.5 Å². The van der Waals surface area contributed by atoms with Crippen molar-refractivity contribution in [3.8, 4) is 11.3 Å². The molecule has 5 nitrogen and oxygen atoms in total. The number of nitrogens with zero attached hydrogens (tertiary/aromatic N) is 2. The van der Waals surface area contributed by atoms with Crippen LogP contribution in [0.1, 0.15) is 88.6 Å². The van der Waals surface area contributed by atoms with Crippen molar-refractivity contribution in [3.05, 3.63) is 70.9 Å². The van der Waals surface area contributed by atoms with E-state index in [2.05, 4.69) is 68.8 Å². The Morgan fingerprint density at radius 3 is 2.33 bits per heavy atom. The molecule has 2 N–H and O–H groups in total. The van der Waals surface area contributed by atoms with Crippen LogP contribution in [-0.2, 0) is 23.8 Å². The van der Waals surface area contributed by atoms with Crippen molar-refractivity contribution in [2.75, 3.05) is 4.72 Å². The number of hydrogen-bond donors (Lipinski definition) is 2. The van der Waals surface area contributed by atoms with E-state index in [1.165, 1.54) is 23.1 Å². The molecule has 6 heteroatoms. The van der Waals surface area contributed by atoms with Gasteiger partial charge in [-0.3, -0.25) is 4.72 Å². The van der Waals surface area contributed by atoms with Crippen molar-refractivity contribution in [2.24, 2.45) is 29.6 Å². The molecule has 0 saturated heterocycles. The highest BCUT2D eigenvalue weighted by molar-refractivity contribution is 7.86. The number of hydrogen-bond acceptors (Lipinski definition) is 4. The first kappa shape index (κ1) is 30.9. The molecule has 0 spiro atoms. The minimum absolute atomic E-state index is 0.367. The first-order valence-electron chi connectivity index (χ1n) is 15.9. The van der Waals surface area contributed by atoms with Gasteiger partial charge in [0, 0.05) is 11.3 Å². The second-order valence-electron chi connectivity index (χ2n) is 13.9. The molecule has 2 heterocycles. The number of fused-ring (bicyclic) bond motifs is 4. The summed E-state index contributed by atoms with van der Waals surface area (Å²) in [6, 6.07) is 16.8. The third-order valence-corrected chi connectivity index (χ3v) is 10.9. The smallest absolute Gasteiger partial charge is 0.235 e. The van der Waals surface area contributed by atoms with E-state index in [0.717, 1.165) is 66.8 Å². The fourth-order valence-electron chi connectivity index (χ4n) is 7.64. The lowest BCUT2D eigenvalue weighted by atomic mass is 9.65. The van der Waals surface area contributed by atoms with Crippen LogP contribution in [0.5, 0.6) is 0 Å². The standard InChI is InChI=1S/C36H49N3O2S/c1-23(2)19-28-15-18-30-22-33(34-24(3)9-7-10-25(34)4)38-35(37-30)39-42(41)31-12-8-11-26(20-31)21-32(28)27-13-16-29(17-14-27)36(5,6)40/h7-12,20,22-23,27-29,32,40H,13-19,21H2,1-6H3,(H,37,38,39)/t27?,28-,29?,32?,42?/m0/s1. The van der Waals surface area contributed by atoms with Gasteiger partial charge in [-0.05, 0) is 144 Å². The molecule has 1 saturated carbocycles. The number of rotatable bonds is 5. The summed E-state index contributed by atoms with van der Waals surface area (Å²) in [5.74, 6) is 3.11. The first-order chi connectivity index (χ1) is 20.0. The maximum absolute atomic E-state index is 13.6. The molecule has 1 aliphatic carbocycles. The van der Waals surface area contributed by atoms with E-state index >= 15 is 0 Å². The Morgan fingerprint density at radius 1 is 0.976 bits per heavy atom. The summed E-state index contributed by atoms with van der Waals surface area (Å²) in [6.45, 7) is 12.9. The van der Waals surface area contributed by atoms with Crippen LogP contribution in [-0.4, -0.2) is 24.9 Å². The van der Waals surface area contributed by atoms with Crippen molar-refractivity contribution >= 4 is 16.9 Å².